The van der Waals surface area contributed by atoms with Gasteiger partial charge in [0.2, 0.25) is 0 Å². The molecule has 0 heterocycles. The standard InChI is InChI=1S/C20H27NO4/c1-6-8-9-15(7-2)14-25-20(22)17(21-3)12-16-10-11-18(23-4)19(13-16)24-5/h10-13,15H,6-9,14H2,1-2,4-5H3/b17-12-. The number of methoxy groups -OCH3 is 2. The molecule has 0 N–H and O–H groups in total. The topological polar surface area (TPSA) is 49.1 Å². The summed E-state index contributed by atoms with van der Waals surface area (Å²) in [6, 6.07) is 5.21. The molecule has 0 fully saturated rings. The van der Waals surface area contributed by atoms with Crippen LogP contribution in [0.5, 0.6) is 11.5 Å². The highest BCUT2D eigenvalue weighted by atomic mass is 16.5. The predicted molar refractivity (Wildman–Crippen MR) is 98.4 cm³/mol. The van der Waals surface area contributed by atoms with Crippen molar-refractivity contribution in [1.29, 1.82) is 0 Å². The van der Waals surface area contributed by atoms with Crippen molar-refractivity contribution < 1.29 is 19.0 Å². The largest absolute Gasteiger partial charge is 0.493 e. The zero-order valence-corrected chi connectivity index (χ0v) is 15.5. The van der Waals surface area contributed by atoms with Crippen LogP contribution in [0.15, 0.2) is 23.9 Å². The highest BCUT2D eigenvalue weighted by Gasteiger charge is 2.15. The second kappa shape index (κ2) is 11.1. The molecule has 0 radical (unpaired) electrons. The molecule has 0 saturated carbocycles. The summed E-state index contributed by atoms with van der Waals surface area (Å²) in [5.41, 5.74) is 0.635. The van der Waals surface area contributed by atoms with E-state index in [-0.39, 0.29) is 5.70 Å². The maximum absolute atomic E-state index is 12.2. The third kappa shape index (κ3) is 6.50. The molecule has 5 nitrogen and oxygen atoms in total. The molecule has 0 amide bonds. The number of ether oxygens (including phenoxy) is 3. The van der Waals surface area contributed by atoms with Gasteiger partial charge in [0, 0.05) is 0 Å². The first kappa shape index (κ1) is 20.6. The van der Waals surface area contributed by atoms with Crippen molar-refractivity contribution in [3.05, 3.63) is 40.9 Å². The normalized spacial score (nSPS) is 12.2. The van der Waals surface area contributed by atoms with Crippen molar-refractivity contribution in [3.8, 4) is 11.5 Å². The van der Waals surface area contributed by atoms with Crippen LogP contribution < -0.4 is 9.47 Å². The van der Waals surface area contributed by atoms with Gasteiger partial charge in [-0.15, -0.1) is 0 Å². The first-order valence-electron chi connectivity index (χ1n) is 8.57. The van der Waals surface area contributed by atoms with E-state index in [9.17, 15) is 4.79 Å². The Bertz CT molecular complexity index is 631. The fourth-order valence-electron chi connectivity index (χ4n) is 2.40. The number of benzene rings is 1. The van der Waals surface area contributed by atoms with Crippen LogP contribution in [0.25, 0.3) is 10.9 Å². The minimum Gasteiger partial charge on any atom is -0.493 e. The molecule has 5 heteroatoms. The third-order valence-electron chi connectivity index (χ3n) is 4.03. The Morgan fingerprint density at radius 3 is 2.52 bits per heavy atom. The van der Waals surface area contributed by atoms with Gasteiger partial charge in [-0.1, -0.05) is 39.2 Å². The van der Waals surface area contributed by atoms with Gasteiger partial charge < -0.3 is 14.2 Å². The minimum atomic E-state index is -0.584. The van der Waals surface area contributed by atoms with Crippen molar-refractivity contribution in [2.24, 2.45) is 5.92 Å². The summed E-state index contributed by atoms with van der Waals surface area (Å²) in [5.74, 6) is 0.893. The lowest BCUT2D eigenvalue weighted by atomic mass is 10.0. The summed E-state index contributed by atoms with van der Waals surface area (Å²) in [6.07, 6.45) is 5.74. The Hall–Kier alpha value is -2.48. The first-order valence-corrected chi connectivity index (χ1v) is 8.57. The fraction of sp³-hybridized carbons (Fsp3) is 0.500. The van der Waals surface area contributed by atoms with E-state index in [1.807, 2.05) is 0 Å². The number of rotatable bonds is 10. The van der Waals surface area contributed by atoms with Crippen LogP contribution in [0.4, 0.5) is 0 Å². The molecule has 0 saturated heterocycles. The number of unbranched alkanes of at least 4 members (excludes halogenated alkanes) is 1. The van der Waals surface area contributed by atoms with E-state index in [0.717, 1.165) is 25.7 Å². The van der Waals surface area contributed by atoms with Crippen LogP contribution in [-0.2, 0) is 9.53 Å². The summed E-state index contributed by atoms with van der Waals surface area (Å²) in [6.45, 7) is 11.8. The van der Waals surface area contributed by atoms with Gasteiger partial charge in [0.15, 0.2) is 11.5 Å². The highest BCUT2D eigenvalue weighted by molar-refractivity contribution is 5.95. The molecule has 1 unspecified atom stereocenters. The quantitative estimate of drug-likeness (QED) is 0.350. The average Bonchev–Trinajstić information content (AvgIpc) is 2.65. The molecule has 136 valence electrons. The smallest absolute Gasteiger partial charge is 0.336 e. The summed E-state index contributed by atoms with van der Waals surface area (Å²) in [7, 11) is 3.09. The van der Waals surface area contributed by atoms with Crippen LogP contribution >= 0.6 is 0 Å². The molecule has 1 aromatic rings. The van der Waals surface area contributed by atoms with E-state index in [1.54, 1.807) is 25.3 Å². The number of hydrogen-bond donors (Lipinski definition) is 0. The second-order valence-corrected chi connectivity index (χ2v) is 5.77. The summed E-state index contributed by atoms with van der Waals surface area (Å²) >= 11 is 0. The molecular weight excluding hydrogens is 318 g/mol. The summed E-state index contributed by atoms with van der Waals surface area (Å²) in [5, 5.41) is 0. The van der Waals surface area contributed by atoms with Gasteiger partial charge in [-0.05, 0) is 36.1 Å². The lowest BCUT2D eigenvalue weighted by Crippen LogP contribution is -2.14. The molecule has 1 rings (SSSR count). The molecule has 0 aliphatic rings. The van der Waals surface area contributed by atoms with Crippen molar-refractivity contribution in [2.45, 2.75) is 39.5 Å². The van der Waals surface area contributed by atoms with Gasteiger partial charge in [0.05, 0.1) is 27.4 Å². The fourth-order valence-corrected chi connectivity index (χ4v) is 2.40. The van der Waals surface area contributed by atoms with Crippen molar-refractivity contribution >= 4 is 12.0 Å². The van der Waals surface area contributed by atoms with Gasteiger partial charge in [0.1, 0.15) is 0 Å². The maximum Gasteiger partial charge on any atom is 0.336 e. The van der Waals surface area contributed by atoms with Gasteiger partial charge >= 0.3 is 5.97 Å². The van der Waals surface area contributed by atoms with Gasteiger partial charge in [-0.2, -0.15) is 0 Å². The zero-order valence-electron chi connectivity index (χ0n) is 15.5. The van der Waals surface area contributed by atoms with Crippen LogP contribution in [0.1, 0.15) is 45.1 Å². The zero-order chi connectivity index (χ0) is 18.7. The number of carbonyl (C=O) groups is 1. The average molecular weight is 345 g/mol. The van der Waals surface area contributed by atoms with E-state index in [4.69, 9.17) is 20.8 Å². The Morgan fingerprint density at radius 1 is 1.24 bits per heavy atom. The molecule has 25 heavy (non-hydrogen) atoms. The number of carbonyl (C=O) groups excluding carboxylic acids is 1. The number of esters is 1. The first-order chi connectivity index (χ1) is 12.1. The third-order valence-corrected chi connectivity index (χ3v) is 4.03. The van der Waals surface area contributed by atoms with Gasteiger partial charge in [-0.3, -0.25) is 4.79 Å². The molecule has 0 aliphatic heterocycles. The SMILES string of the molecule is [C-]#[N+]/C(=C\c1ccc(OC)c(OC)c1)C(=O)OCC(CC)CCCC. The van der Waals surface area contributed by atoms with Crippen LogP contribution in [0, 0.1) is 12.5 Å². The van der Waals surface area contributed by atoms with E-state index in [0.29, 0.717) is 29.6 Å². The molecule has 0 spiro atoms. The number of nitrogens with zero attached hydrogens (tertiary/aromatic N) is 1. The van der Waals surface area contributed by atoms with E-state index < -0.39 is 5.97 Å². The Morgan fingerprint density at radius 2 is 1.96 bits per heavy atom. The van der Waals surface area contributed by atoms with Crippen molar-refractivity contribution in [1.82, 2.24) is 0 Å². The molecule has 0 aromatic heterocycles. The van der Waals surface area contributed by atoms with Crippen LogP contribution in [0.3, 0.4) is 0 Å². The lowest BCUT2D eigenvalue weighted by Gasteiger charge is -2.14. The molecule has 0 bridgehead atoms. The molecular formula is C20H27NO4. The van der Waals surface area contributed by atoms with E-state index in [1.165, 1.54) is 13.2 Å². The Labute approximate surface area is 150 Å². The van der Waals surface area contributed by atoms with Crippen molar-refractivity contribution in [2.75, 3.05) is 20.8 Å². The maximum atomic E-state index is 12.2. The van der Waals surface area contributed by atoms with Gasteiger partial charge in [0.25, 0.3) is 5.70 Å². The Balaban J connectivity index is 2.81. The van der Waals surface area contributed by atoms with Crippen LogP contribution in [-0.4, -0.2) is 26.8 Å². The molecule has 1 aromatic carbocycles. The minimum absolute atomic E-state index is 0.0439. The summed E-state index contributed by atoms with van der Waals surface area (Å²) < 4.78 is 15.8. The number of hydrogen-bond acceptors (Lipinski definition) is 4. The van der Waals surface area contributed by atoms with E-state index in [2.05, 4.69) is 18.7 Å². The molecule has 1 atom stereocenters. The Kier molecular flexibility index (Phi) is 9.16. The van der Waals surface area contributed by atoms with Gasteiger partial charge in [-0.25, -0.2) is 4.85 Å². The van der Waals surface area contributed by atoms with Crippen molar-refractivity contribution in [3.63, 3.8) is 0 Å². The molecule has 0 aliphatic carbocycles. The monoisotopic (exact) mass is 345 g/mol. The van der Waals surface area contributed by atoms with Crippen LogP contribution in [0.2, 0.25) is 0 Å². The predicted octanol–water partition coefficient (Wildman–Crippen LogP) is 4.72. The highest BCUT2D eigenvalue weighted by Crippen LogP contribution is 2.28. The second-order valence-electron chi connectivity index (χ2n) is 5.77. The summed E-state index contributed by atoms with van der Waals surface area (Å²) in [4.78, 5) is 15.5. The van der Waals surface area contributed by atoms with E-state index >= 15 is 0 Å². The lowest BCUT2D eigenvalue weighted by molar-refractivity contribution is -0.140.